The Hall–Kier alpha value is -2.32. The number of nitrogens with zero attached hydrogens (tertiary/aromatic N) is 2. The van der Waals surface area contributed by atoms with Gasteiger partial charge in [-0.15, -0.1) is 0 Å². The van der Waals surface area contributed by atoms with E-state index in [1.165, 1.54) is 0 Å². The third-order valence-electron chi connectivity index (χ3n) is 6.26. The van der Waals surface area contributed by atoms with Crippen molar-refractivity contribution in [2.75, 3.05) is 40.5 Å². The molecule has 34 heavy (non-hydrogen) atoms. The summed E-state index contributed by atoms with van der Waals surface area (Å²) in [6.45, 7) is 2.83. The first kappa shape index (κ1) is 26.3. The number of urea groups is 1. The average molecular weight is 508 g/mol. The van der Waals surface area contributed by atoms with Crippen LogP contribution >= 0.6 is 23.2 Å². The van der Waals surface area contributed by atoms with Gasteiger partial charge in [-0.05, 0) is 42.7 Å². The molecule has 9 heteroatoms. The lowest BCUT2D eigenvalue weighted by Gasteiger charge is -2.45. The second-order valence-corrected chi connectivity index (χ2v) is 9.17. The number of piperidine rings is 1. The van der Waals surface area contributed by atoms with Crippen molar-refractivity contribution in [2.24, 2.45) is 0 Å². The number of halogens is 2. The number of carbonyl (C=O) groups is 2. The smallest absolute Gasteiger partial charge is 0.318 e. The van der Waals surface area contributed by atoms with Gasteiger partial charge in [0.25, 0.3) is 0 Å². The number of benzene rings is 2. The molecule has 0 saturated carbocycles. The number of likely N-dealkylation sites (tertiary alicyclic amines) is 1. The van der Waals surface area contributed by atoms with Crippen molar-refractivity contribution >= 4 is 35.5 Å². The zero-order chi connectivity index (χ0) is 24.6. The average Bonchev–Trinajstić information content (AvgIpc) is 2.86. The maximum atomic E-state index is 13.2. The summed E-state index contributed by atoms with van der Waals surface area (Å²) in [5.74, 6) is 0.721. The Morgan fingerprint density at radius 3 is 2.44 bits per heavy atom. The number of nitrogens with one attached hydrogen (secondary N) is 1. The van der Waals surface area contributed by atoms with E-state index in [9.17, 15) is 9.59 Å². The summed E-state index contributed by atoms with van der Waals surface area (Å²) in [6, 6.07) is 12.7. The van der Waals surface area contributed by atoms with Crippen LogP contribution < -0.4 is 10.1 Å². The number of hydrogen-bond donors (Lipinski definition) is 1. The second kappa shape index (κ2) is 12.4. The zero-order valence-corrected chi connectivity index (χ0v) is 21.1. The molecule has 2 aromatic carbocycles. The second-order valence-electron chi connectivity index (χ2n) is 8.35. The molecule has 1 fully saturated rings. The Morgan fingerprint density at radius 2 is 1.82 bits per heavy atom. The highest BCUT2D eigenvalue weighted by atomic mass is 35.5. The van der Waals surface area contributed by atoms with Crippen LogP contribution in [-0.4, -0.2) is 68.1 Å². The SMILES string of the molecule is COCCN(C(=O)NCc1cccc(OC)c1)C1(C=O)CCN(Cc2c(Cl)cccc2Cl)CC1. The Morgan fingerprint density at radius 1 is 1.15 bits per heavy atom. The molecule has 3 rings (SSSR count). The molecule has 0 radical (unpaired) electrons. The van der Waals surface area contributed by atoms with E-state index >= 15 is 0 Å². The summed E-state index contributed by atoms with van der Waals surface area (Å²) < 4.78 is 10.5. The summed E-state index contributed by atoms with van der Waals surface area (Å²) >= 11 is 12.7. The quantitative estimate of drug-likeness (QED) is 0.482. The van der Waals surface area contributed by atoms with Gasteiger partial charge in [-0.3, -0.25) is 4.90 Å². The number of hydrogen-bond acceptors (Lipinski definition) is 5. The summed E-state index contributed by atoms with van der Waals surface area (Å²) in [7, 11) is 3.18. The number of amides is 2. The van der Waals surface area contributed by atoms with Gasteiger partial charge in [0.15, 0.2) is 0 Å². The largest absolute Gasteiger partial charge is 0.497 e. The normalized spacial score (nSPS) is 15.5. The molecule has 0 bridgehead atoms. The van der Waals surface area contributed by atoms with Crippen molar-refractivity contribution in [3.05, 3.63) is 63.6 Å². The Balaban J connectivity index is 1.68. The van der Waals surface area contributed by atoms with Crippen LogP contribution in [0.25, 0.3) is 0 Å². The van der Waals surface area contributed by atoms with Crippen LogP contribution in [0.4, 0.5) is 4.79 Å². The molecule has 1 heterocycles. The lowest BCUT2D eigenvalue weighted by Crippen LogP contribution is -2.61. The minimum absolute atomic E-state index is 0.297. The van der Waals surface area contributed by atoms with Gasteiger partial charge in [-0.1, -0.05) is 41.4 Å². The third-order valence-corrected chi connectivity index (χ3v) is 6.97. The fraction of sp³-hybridized carbons (Fsp3) is 0.440. The monoisotopic (exact) mass is 507 g/mol. The first-order valence-corrected chi connectivity index (χ1v) is 12.0. The molecular weight excluding hydrogens is 477 g/mol. The molecule has 1 N–H and O–H groups in total. The van der Waals surface area contributed by atoms with Crippen molar-refractivity contribution in [1.29, 1.82) is 0 Å². The maximum absolute atomic E-state index is 13.2. The predicted octanol–water partition coefficient (Wildman–Crippen LogP) is 4.39. The fourth-order valence-corrected chi connectivity index (χ4v) is 4.74. The molecule has 0 unspecified atom stereocenters. The molecule has 2 amide bonds. The van der Waals surface area contributed by atoms with Gasteiger partial charge in [-0.25, -0.2) is 4.79 Å². The maximum Gasteiger partial charge on any atom is 0.318 e. The number of carbonyl (C=O) groups excluding carboxylic acids is 2. The van der Waals surface area contributed by atoms with Crippen LogP contribution in [0.15, 0.2) is 42.5 Å². The van der Waals surface area contributed by atoms with Crippen LogP contribution in [0.3, 0.4) is 0 Å². The molecule has 0 spiro atoms. The Bertz CT molecular complexity index is 960. The number of methoxy groups -OCH3 is 2. The van der Waals surface area contributed by atoms with E-state index in [1.807, 2.05) is 42.5 Å². The number of aldehydes is 1. The number of ether oxygens (including phenoxy) is 2. The van der Waals surface area contributed by atoms with Gasteiger partial charge in [-0.2, -0.15) is 0 Å². The van der Waals surface area contributed by atoms with Crippen molar-refractivity contribution in [3.8, 4) is 5.75 Å². The molecule has 1 saturated heterocycles. The Labute approximate surface area is 210 Å². The summed E-state index contributed by atoms with van der Waals surface area (Å²) in [5.41, 5.74) is 0.875. The standard InChI is InChI=1S/C25H31Cl2N3O4/c1-33-14-13-30(24(32)28-16-19-5-3-6-20(15-19)34-2)25(18-31)9-11-29(12-10-25)17-21-22(26)7-4-8-23(21)27/h3-8,15,18H,9-14,16-17H2,1-2H3,(H,28,32). The van der Waals surface area contributed by atoms with Crippen molar-refractivity contribution in [2.45, 2.75) is 31.5 Å². The zero-order valence-electron chi connectivity index (χ0n) is 19.6. The van der Waals surface area contributed by atoms with E-state index in [-0.39, 0.29) is 6.03 Å². The molecule has 1 aliphatic heterocycles. The van der Waals surface area contributed by atoms with Crippen LogP contribution in [0.5, 0.6) is 5.75 Å². The summed E-state index contributed by atoms with van der Waals surface area (Å²) in [6.07, 6.45) is 1.93. The highest BCUT2D eigenvalue weighted by Crippen LogP contribution is 2.31. The minimum atomic E-state index is -0.905. The van der Waals surface area contributed by atoms with E-state index in [4.69, 9.17) is 32.7 Å². The van der Waals surface area contributed by atoms with E-state index < -0.39 is 5.54 Å². The van der Waals surface area contributed by atoms with Gasteiger partial charge in [0, 0.05) is 55.4 Å². The predicted molar refractivity (Wildman–Crippen MR) is 134 cm³/mol. The lowest BCUT2D eigenvalue weighted by molar-refractivity contribution is -0.120. The highest BCUT2D eigenvalue weighted by Gasteiger charge is 2.42. The molecule has 0 aromatic heterocycles. The fourth-order valence-electron chi connectivity index (χ4n) is 4.22. The van der Waals surface area contributed by atoms with Gasteiger partial charge >= 0.3 is 6.03 Å². The molecule has 184 valence electrons. The van der Waals surface area contributed by atoms with Crippen molar-refractivity contribution < 1.29 is 19.1 Å². The molecule has 0 aliphatic carbocycles. The first-order valence-electron chi connectivity index (χ1n) is 11.2. The summed E-state index contributed by atoms with van der Waals surface area (Å²) in [4.78, 5) is 29.4. The van der Waals surface area contributed by atoms with Gasteiger partial charge < -0.3 is 24.5 Å². The Kier molecular flexibility index (Phi) is 9.59. The van der Waals surface area contributed by atoms with Gasteiger partial charge in [0.1, 0.15) is 17.6 Å². The lowest BCUT2D eigenvalue weighted by atomic mass is 9.87. The molecule has 2 aromatic rings. The van der Waals surface area contributed by atoms with Crippen LogP contribution in [0, 0.1) is 0 Å². The van der Waals surface area contributed by atoms with E-state index in [1.54, 1.807) is 19.1 Å². The highest BCUT2D eigenvalue weighted by molar-refractivity contribution is 6.35. The third kappa shape index (κ3) is 6.42. The molecule has 0 atom stereocenters. The van der Waals surface area contributed by atoms with Crippen LogP contribution in [-0.2, 0) is 22.6 Å². The first-order chi connectivity index (χ1) is 16.4. The number of rotatable bonds is 10. The summed E-state index contributed by atoms with van der Waals surface area (Å²) in [5, 5.41) is 4.20. The molecular formula is C25H31Cl2N3O4. The van der Waals surface area contributed by atoms with Crippen molar-refractivity contribution in [1.82, 2.24) is 15.1 Å². The molecule has 7 nitrogen and oxygen atoms in total. The topological polar surface area (TPSA) is 71.1 Å². The van der Waals surface area contributed by atoms with E-state index in [0.29, 0.717) is 62.2 Å². The minimum Gasteiger partial charge on any atom is -0.497 e. The van der Waals surface area contributed by atoms with Crippen LogP contribution in [0.2, 0.25) is 10.0 Å². The molecule has 1 aliphatic rings. The van der Waals surface area contributed by atoms with Crippen LogP contribution in [0.1, 0.15) is 24.0 Å². The van der Waals surface area contributed by atoms with Crippen molar-refractivity contribution in [3.63, 3.8) is 0 Å². The van der Waals surface area contributed by atoms with E-state index in [2.05, 4.69) is 10.2 Å². The van der Waals surface area contributed by atoms with Gasteiger partial charge in [0.2, 0.25) is 0 Å². The van der Waals surface area contributed by atoms with Gasteiger partial charge in [0.05, 0.1) is 13.7 Å². The van der Waals surface area contributed by atoms with E-state index in [0.717, 1.165) is 23.2 Å².